The number of nitrogens with one attached hydrogen (secondary N) is 3. The van der Waals surface area contributed by atoms with E-state index in [0.29, 0.717) is 6.54 Å². The van der Waals surface area contributed by atoms with Gasteiger partial charge in [0.2, 0.25) is 11.8 Å². The van der Waals surface area contributed by atoms with Gasteiger partial charge in [-0.15, -0.1) is 0 Å². The molecule has 3 rings (SSSR count). The fourth-order valence-electron chi connectivity index (χ4n) is 3.36. The predicted octanol–water partition coefficient (Wildman–Crippen LogP) is 2.17. The van der Waals surface area contributed by atoms with Gasteiger partial charge in [-0.05, 0) is 36.6 Å². The highest BCUT2D eigenvalue weighted by Gasteiger charge is 2.35. The van der Waals surface area contributed by atoms with E-state index in [-0.39, 0.29) is 30.3 Å². The van der Waals surface area contributed by atoms with Gasteiger partial charge in [0.1, 0.15) is 0 Å². The summed E-state index contributed by atoms with van der Waals surface area (Å²) >= 11 is 0. The molecule has 0 saturated carbocycles. The number of carbonyl (C=O) groups excluding carboxylic acids is 2. The zero-order valence-electron chi connectivity index (χ0n) is 16.0. The highest BCUT2D eigenvalue weighted by Crippen LogP contribution is 2.26. The van der Waals surface area contributed by atoms with Crippen LogP contribution in [-0.2, 0) is 9.59 Å². The van der Waals surface area contributed by atoms with Crippen LogP contribution in [0.2, 0.25) is 0 Å². The van der Waals surface area contributed by atoms with Crippen molar-refractivity contribution in [2.75, 3.05) is 25.5 Å². The van der Waals surface area contributed by atoms with Gasteiger partial charge < -0.3 is 10.2 Å². The molecule has 6 nitrogen and oxygen atoms in total. The Kier molecular flexibility index (Phi) is 5.88. The average molecular weight is 366 g/mol. The summed E-state index contributed by atoms with van der Waals surface area (Å²) < 4.78 is 0. The van der Waals surface area contributed by atoms with Crippen LogP contribution in [0.1, 0.15) is 22.7 Å². The van der Waals surface area contributed by atoms with E-state index in [4.69, 9.17) is 0 Å². The Hall–Kier alpha value is -2.70. The van der Waals surface area contributed by atoms with E-state index in [1.807, 2.05) is 62.4 Å². The van der Waals surface area contributed by atoms with Crippen molar-refractivity contribution >= 4 is 17.5 Å². The van der Waals surface area contributed by atoms with Crippen LogP contribution in [0.5, 0.6) is 0 Å². The maximum absolute atomic E-state index is 12.9. The molecular formula is C21H26N4O2. The van der Waals surface area contributed by atoms with Gasteiger partial charge in [0, 0.05) is 19.3 Å². The first-order valence-corrected chi connectivity index (χ1v) is 9.11. The number of amides is 2. The number of anilines is 1. The third-order valence-electron chi connectivity index (χ3n) is 5.09. The average Bonchev–Trinajstić information content (AvgIpc) is 3.15. The molecule has 1 aliphatic heterocycles. The smallest absolute Gasteiger partial charge is 0.243 e. The van der Waals surface area contributed by atoms with Crippen LogP contribution in [0.4, 0.5) is 5.69 Å². The van der Waals surface area contributed by atoms with E-state index in [1.54, 1.807) is 7.05 Å². The second kappa shape index (κ2) is 8.33. The fourth-order valence-corrected chi connectivity index (χ4v) is 3.36. The fraction of sp³-hybridized carbons (Fsp3) is 0.333. The number of hydrogen-bond donors (Lipinski definition) is 3. The lowest BCUT2D eigenvalue weighted by Gasteiger charge is -2.24. The Morgan fingerprint density at radius 3 is 2.59 bits per heavy atom. The molecule has 1 heterocycles. The third kappa shape index (κ3) is 4.35. The van der Waals surface area contributed by atoms with Crippen molar-refractivity contribution in [3.63, 3.8) is 0 Å². The maximum atomic E-state index is 12.9. The van der Waals surface area contributed by atoms with Gasteiger partial charge in [-0.25, -0.2) is 5.43 Å². The monoisotopic (exact) mass is 366 g/mol. The maximum Gasteiger partial charge on any atom is 0.243 e. The van der Waals surface area contributed by atoms with E-state index in [0.717, 1.165) is 22.4 Å². The summed E-state index contributed by atoms with van der Waals surface area (Å²) in [5.41, 5.74) is 10.2. The van der Waals surface area contributed by atoms with Gasteiger partial charge in [-0.2, -0.15) is 0 Å². The molecule has 142 valence electrons. The van der Waals surface area contributed by atoms with Crippen LogP contribution in [0.15, 0.2) is 48.5 Å². The Balaban J connectivity index is 1.63. The summed E-state index contributed by atoms with van der Waals surface area (Å²) in [5, 5.41) is 2.91. The molecule has 0 aliphatic carbocycles. The van der Waals surface area contributed by atoms with E-state index in [9.17, 15) is 9.59 Å². The van der Waals surface area contributed by atoms with Crippen LogP contribution in [-0.4, -0.2) is 36.9 Å². The van der Waals surface area contributed by atoms with Crippen molar-refractivity contribution < 1.29 is 9.59 Å². The molecule has 0 radical (unpaired) electrons. The zero-order valence-corrected chi connectivity index (χ0v) is 16.0. The number of nitrogens with zero attached hydrogens (tertiary/aromatic N) is 1. The summed E-state index contributed by atoms with van der Waals surface area (Å²) in [6.07, 6.45) is 0. The van der Waals surface area contributed by atoms with E-state index in [1.165, 1.54) is 4.90 Å². The van der Waals surface area contributed by atoms with E-state index in [2.05, 4.69) is 16.2 Å². The third-order valence-corrected chi connectivity index (χ3v) is 5.09. The van der Waals surface area contributed by atoms with Gasteiger partial charge in [0.05, 0.1) is 18.5 Å². The standard InChI is InChI=1S/C21H26N4O2/c1-14-8-7-11-18(15(14)2)23-19(26)13-25(3)21(27)17-12-22-24-20(17)16-9-5-4-6-10-16/h4-11,17,20,22,24H,12-13H2,1-3H3,(H,23,26). The SMILES string of the molecule is Cc1cccc(NC(=O)CN(C)C(=O)C2CNNC2c2ccccc2)c1C. The molecule has 0 bridgehead atoms. The highest BCUT2D eigenvalue weighted by atomic mass is 16.2. The minimum Gasteiger partial charge on any atom is -0.336 e. The van der Waals surface area contributed by atoms with Gasteiger partial charge in [-0.1, -0.05) is 42.5 Å². The minimum absolute atomic E-state index is 0.0181. The molecule has 27 heavy (non-hydrogen) atoms. The molecule has 2 atom stereocenters. The van der Waals surface area contributed by atoms with Crippen molar-refractivity contribution in [1.29, 1.82) is 0 Å². The van der Waals surface area contributed by atoms with Gasteiger partial charge >= 0.3 is 0 Å². The molecule has 0 spiro atoms. The molecule has 1 fully saturated rings. The van der Waals surface area contributed by atoms with Crippen LogP contribution >= 0.6 is 0 Å². The number of hydrogen-bond acceptors (Lipinski definition) is 4. The van der Waals surface area contributed by atoms with Crippen molar-refractivity contribution in [3.05, 3.63) is 65.2 Å². The zero-order chi connectivity index (χ0) is 19.4. The second-order valence-electron chi connectivity index (χ2n) is 7.01. The first kappa shape index (κ1) is 19.1. The Bertz CT molecular complexity index is 822. The number of aryl methyl sites for hydroxylation is 1. The number of likely N-dealkylation sites (N-methyl/N-ethyl adjacent to an activating group) is 1. The minimum atomic E-state index is -0.258. The molecule has 2 unspecified atom stereocenters. The molecule has 1 saturated heterocycles. The van der Waals surface area contributed by atoms with Gasteiger partial charge in [0.15, 0.2) is 0 Å². The van der Waals surface area contributed by atoms with Crippen molar-refractivity contribution in [1.82, 2.24) is 15.8 Å². The number of carbonyl (C=O) groups is 2. The normalized spacial score (nSPS) is 18.9. The Labute approximate surface area is 159 Å². The predicted molar refractivity (Wildman–Crippen MR) is 106 cm³/mol. The lowest BCUT2D eigenvalue weighted by atomic mass is 9.94. The summed E-state index contributed by atoms with van der Waals surface area (Å²) in [5.74, 6) is -0.516. The molecular weight excluding hydrogens is 340 g/mol. The summed E-state index contributed by atoms with van der Waals surface area (Å²) in [6.45, 7) is 4.52. The van der Waals surface area contributed by atoms with Crippen LogP contribution in [0.25, 0.3) is 0 Å². The summed E-state index contributed by atoms with van der Waals surface area (Å²) in [4.78, 5) is 26.8. The highest BCUT2D eigenvalue weighted by molar-refractivity contribution is 5.95. The van der Waals surface area contributed by atoms with E-state index >= 15 is 0 Å². The first-order chi connectivity index (χ1) is 13.0. The van der Waals surface area contributed by atoms with Crippen molar-refractivity contribution in [2.45, 2.75) is 19.9 Å². The lowest BCUT2D eigenvalue weighted by Crippen LogP contribution is -2.41. The Morgan fingerprint density at radius 2 is 1.85 bits per heavy atom. The Morgan fingerprint density at radius 1 is 1.11 bits per heavy atom. The summed E-state index contributed by atoms with van der Waals surface area (Å²) in [7, 11) is 1.67. The largest absolute Gasteiger partial charge is 0.336 e. The molecule has 6 heteroatoms. The topological polar surface area (TPSA) is 73.5 Å². The quantitative estimate of drug-likeness (QED) is 0.758. The lowest BCUT2D eigenvalue weighted by molar-refractivity contribution is -0.136. The number of hydrazine groups is 1. The molecule has 2 amide bonds. The molecule has 0 aromatic heterocycles. The van der Waals surface area contributed by atoms with Gasteiger partial charge in [-0.3, -0.25) is 15.0 Å². The molecule has 3 N–H and O–H groups in total. The number of benzene rings is 2. The summed E-state index contributed by atoms with van der Waals surface area (Å²) in [6, 6.07) is 15.5. The molecule has 2 aromatic rings. The first-order valence-electron chi connectivity index (χ1n) is 9.11. The van der Waals surface area contributed by atoms with E-state index < -0.39 is 0 Å². The number of rotatable bonds is 5. The van der Waals surface area contributed by atoms with Crippen LogP contribution in [0, 0.1) is 19.8 Å². The van der Waals surface area contributed by atoms with Crippen molar-refractivity contribution in [3.8, 4) is 0 Å². The van der Waals surface area contributed by atoms with Crippen molar-refractivity contribution in [2.24, 2.45) is 5.92 Å². The van der Waals surface area contributed by atoms with Gasteiger partial charge in [0.25, 0.3) is 0 Å². The molecule has 2 aromatic carbocycles. The second-order valence-corrected chi connectivity index (χ2v) is 7.01. The molecule has 1 aliphatic rings. The van der Waals surface area contributed by atoms with Crippen LogP contribution < -0.4 is 16.2 Å². The van der Waals surface area contributed by atoms with Crippen LogP contribution in [0.3, 0.4) is 0 Å².